The van der Waals surface area contributed by atoms with Gasteiger partial charge in [0.1, 0.15) is 0 Å². The predicted octanol–water partition coefficient (Wildman–Crippen LogP) is 8.27. The standard InChI is InChI=1S/C29H29N/c1-5-6-7-8-11-21(2)22-14-16-23(17-15-22)30-24-18-19-26-25-12-9-10-13-27(25)29(3,4)28(26)20-24/h5,7-20,30H,1,6H2,2-4H3/b8-7-,21-11+. The van der Waals surface area contributed by atoms with Crippen molar-refractivity contribution in [1.82, 2.24) is 0 Å². The van der Waals surface area contributed by atoms with E-state index in [4.69, 9.17) is 0 Å². The average Bonchev–Trinajstić information content (AvgIpc) is 2.99. The Labute approximate surface area is 180 Å². The van der Waals surface area contributed by atoms with E-state index in [9.17, 15) is 0 Å². The molecule has 0 radical (unpaired) electrons. The summed E-state index contributed by atoms with van der Waals surface area (Å²) >= 11 is 0. The summed E-state index contributed by atoms with van der Waals surface area (Å²) in [5.74, 6) is 0. The second-order valence-corrected chi connectivity index (χ2v) is 8.44. The Bertz CT molecular complexity index is 1130. The van der Waals surface area contributed by atoms with Crippen LogP contribution < -0.4 is 5.32 Å². The maximum atomic E-state index is 3.74. The highest BCUT2D eigenvalue weighted by Gasteiger charge is 2.35. The third kappa shape index (κ3) is 3.76. The summed E-state index contributed by atoms with van der Waals surface area (Å²) in [6.07, 6.45) is 9.15. The lowest BCUT2D eigenvalue weighted by Crippen LogP contribution is -2.15. The summed E-state index contributed by atoms with van der Waals surface area (Å²) < 4.78 is 0. The minimum absolute atomic E-state index is 0.0223. The van der Waals surface area contributed by atoms with Gasteiger partial charge in [-0.25, -0.2) is 0 Å². The third-order valence-corrected chi connectivity index (χ3v) is 6.00. The number of hydrogen-bond donors (Lipinski definition) is 1. The molecular formula is C29H29N. The zero-order valence-electron chi connectivity index (χ0n) is 18.1. The lowest BCUT2D eigenvalue weighted by Gasteiger charge is -2.22. The Morgan fingerprint density at radius 3 is 2.37 bits per heavy atom. The van der Waals surface area contributed by atoms with Gasteiger partial charge in [-0.1, -0.05) is 80.6 Å². The molecular weight excluding hydrogens is 362 g/mol. The van der Waals surface area contributed by atoms with Crippen molar-refractivity contribution in [3.8, 4) is 11.1 Å². The monoisotopic (exact) mass is 391 g/mol. The largest absolute Gasteiger partial charge is 0.356 e. The molecule has 0 heterocycles. The predicted molar refractivity (Wildman–Crippen MR) is 131 cm³/mol. The SMILES string of the molecule is C=CC/C=C\C=C(/C)c1ccc(Nc2ccc3c(c2)C(C)(C)c2ccccc2-3)cc1. The van der Waals surface area contributed by atoms with Crippen LogP contribution in [0.4, 0.5) is 11.4 Å². The first-order chi connectivity index (χ1) is 14.5. The van der Waals surface area contributed by atoms with Gasteiger partial charge in [-0.15, -0.1) is 6.58 Å². The van der Waals surface area contributed by atoms with Gasteiger partial charge in [0.25, 0.3) is 0 Å². The minimum atomic E-state index is 0.0223. The van der Waals surface area contributed by atoms with Gasteiger partial charge in [-0.2, -0.15) is 0 Å². The van der Waals surface area contributed by atoms with Crippen molar-refractivity contribution in [2.75, 3.05) is 5.32 Å². The zero-order chi connectivity index (χ0) is 21.1. The van der Waals surface area contributed by atoms with Gasteiger partial charge in [0, 0.05) is 16.8 Å². The molecule has 1 aliphatic carbocycles. The fourth-order valence-corrected chi connectivity index (χ4v) is 4.25. The molecule has 1 N–H and O–H groups in total. The molecule has 1 heteroatoms. The molecule has 0 atom stereocenters. The summed E-state index contributed by atoms with van der Waals surface area (Å²) in [6.45, 7) is 10.5. The highest BCUT2D eigenvalue weighted by atomic mass is 14.9. The Hall–Kier alpha value is -3.32. The average molecular weight is 392 g/mol. The van der Waals surface area contributed by atoms with Gasteiger partial charge in [0.05, 0.1) is 0 Å². The zero-order valence-corrected chi connectivity index (χ0v) is 18.1. The van der Waals surface area contributed by atoms with Gasteiger partial charge >= 0.3 is 0 Å². The van der Waals surface area contributed by atoms with Crippen molar-refractivity contribution in [3.05, 3.63) is 114 Å². The van der Waals surface area contributed by atoms with E-state index in [0.29, 0.717) is 0 Å². The fourth-order valence-electron chi connectivity index (χ4n) is 4.25. The van der Waals surface area contributed by atoms with Crippen molar-refractivity contribution < 1.29 is 0 Å². The molecule has 0 fully saturated rings. The first kappa shape index (κ1) is 20.0. The second kappa shape index (κ2) is 8.20. The van der Waals surface area contributed by atoms with E-state index >= 15 is 0 Å². The van der Waals surface area contributed by atoms with Crippen molar-refractivity contribution in [2.24, 2.45) is 0 Å². The van der Waals surface area contributed by atoms with E-state index < -0.39 is 0 Å². The van der Waals surface area contributed by atoms with Crippen LogP contribution in [-0.4, -0.2) is 0 Å². The second-order valence-electron chi connectivity index (χ2n) is 8.44. The van der Waals surface area contributed by atoms with Gasteiger partial charge in [0.15, 0.2) is 0 Å². The summed E-state index contributed by atoms with van der Waals surface area (Å²) in [5.41, 5.74) is 10.2. The van der Waals surface area contributed by atoms with E-state index in [-0.39, 0.29) is 5.41 Å². The lowest BCUT2D eigenvalue weighted by atomic mass is 9.82. The van der Waals surface area contributed by atoms with Crippen LogP contribution in [0, 0.1) is 0 Å². The van der Waals surface area contributed by atoms with Gasteiger partial charge < -0.3 is 5.32 Å². The van der Waals surface area contributed by atoms with Crippen LogP contribution in [-0.2, 0) is 5.41 Å². The van der Waals surface area contributed by atoms with Gasteiger partial charge in [-0.3, -0.25) is 0 Å². The summed E-state index contributed by atoms with van der Waals surface area (Å²) in [7, 11) is 0. The Morgan fingerprint density at radius 2 is 1.60 bits per heavy atom. The molecule has 0 saturated heterocycles. The van der Waals surface area contributed by atoms with Crippen LogP contribution in [0.15, 0.2) is 97.6 Å². The number of anilines is 2. The molecule has 150 valence electrons. The number of allylic oxidation sites excluding steroid dienone is 5. The quantitative estimate of drug-likeness (QED) is 0.329. The summed E-state index contributed by atoms with van der Waals surface area (Å²) in [4.78, 5) is 0. The normalized spacial score (nSPS) is 14.4. The van der Waals surface area contributed by atoms with E-state index in [1.807, 2.05) is 6.08 Å². The Balaban J connectivity index is 1.54. The molecule has 0 unspecified atom stereocenters. The molecule has 0 amide bonds. The number of hydrogen-bond acceptors (Lipinski definition) is 1. The smallest absolute Gasteiger partial charge is 0.0387 e. The number of nitrogens with one attached hydrogen (secondary N) is 1. The molecule has 1 nitrogen and oxygen atoms in total. The first-order valence-corrected chi connectivity index (χ1v) is 10.6. The van der Waals surface area contributed by atoms with Crippen LogP contribution in [0.25, 0.3) is 16.7 Å². The van der Waals surface area contributed by atoms with Gasteiger partial charge in [-0.05, 0) is 71.0 Å². The van der Waals surface area contributed by atoms with E-state index in [0.717, 1.165) is 17.8 Å². The molecule has 30 heavy (non-hydrogen) atoms. The molecule has 0 saturated carbocycles. The molecule has 3 aromatic rings. The van der Waals surface area contributed by atoms with Crippen LogP contribution in [0.2, 0.25) is 0 Å². The van der Waals surface area contributed by atoms with Crippen LogP contribution in [0.3, 0.4) is 0 Å². The van der Waals surface area contributed by atoms with E-state index in [2.05, 4.69) is 118 Å². The summed E-state index contributed by atoms with van der Waals surface area (Å²) in [6, 6.07) is 24.1. The first-order valence-electron chi connectivity index (χ1n) is 10.6. The number of benzene rings is 3. The number of rotatable bonds is 6. The molecule has 0 aliphatic heterocycles. The third-order valence-electron chi connectivity index (χ3n) is 6.00. The topological polar surface area (TPSA) is 12.0 Å². The van der Waals surface area contributed by atoms with Crippen molar-refractivity contribution in [1.29, 1.82) is 0 Å². The molecule has 4 rings (SSSR count). The van der Waals surface area contributed by atoms with Crippen LogP contribution in [0.5, 0.6) is 0 Å². The van der Waals surface area contributed by atoms with Crippen LogP contribution >= 0.6 is 0 Å². The van der Waals surface area contributed by atoms with Crippen molar-refractivity contribution in [3.63, 3.8) is 0 Å². The Morgan fingerprint density at radius 1 is 0.900 bits per heavy atom. The lowest BCUT2D eigenvalue weighted by molar-refractivity contribution is 0.660. The van der Waals surface area contributed by atoms with Crippen molar-refractivity contribution >= 4 is 16.9 Å². The summed E-state index contributed by atoms with van der Waals surface area (Å²) in [5, 5.41) is 3.58. The van der Waals surface area contributed by atoms with Crippen molar-refractivity contribution in [2.45, 2.75) is 32.6 Å². The van der Waals surface area contributed by atoms with Gasteiger partial charge in [0.2, 0.25) is 0 Å². The molecule has 0 spiro atoms. The maximum absolute atomic E-state index is 3.74. The molecule has 0 bridgehead atoms. The highest BCUT2D eigenvalue weighted by Crippen LogP contribution is 2.49. The maximum Gasteiger partial charge on any atom is 0.0387 e. The van der Waals surface area contributed by atoms with Crippen LogP contribution in [0.1, 0.15) is 43.9 Å². The number of fused-ring (bicyclic) bond motifs is 3. The molecule has 1 aliphatic rings. The molecule has 3 aromatic carbocycles. The fraction of sp³-hybridized carbons (Fsp3) is 0.172. The minimum Gasteiger partial charge on any atom is -0.356 e. The molecule has 0 aromatic heterocycles. The van der Waals surface area contributed by atoms with E-state index in [1.54, 1.807) is 0 Å². The Kier molecular flexibility index (Phi) is 5.46. The van der Waals surface area contributed by atoms with E-state index in [1.165, 1.54) is 33.4 Å². The highest BCUT2D eigenvalue weighted by molar-refractivity contribution is 5.83.